The summed E-state index contributed by atoms with van der Waals surface area (Å²) in [6.45, 7) is 4.45. The lowest BCUT2D eigenvalue weighted by molar-refractivity contribution is -0.123. The van der Waals surface area contributed by atoms with E-state index >= 15 is 0 Å². The Morgan fingerprint density at radius 2 is 2.29 bits per heavy atom. The molecule has 1 aliphatic rings. The number of anilines is 1. The average molecular weight is 309 g/mol. The van der Waals surface area contributed by atoms with Gasteiger partial charge in [0.2, 0.25) is 5.91 Å². The summed E-state index contributed by atoms with van der Waals surface area (Å²) < 4.78 is 0. The summed E-state index contributed by atoms with van der Waals surface area (Å²) in [4.78, 5) is 12.1. The first-order valence-electron chi connectivity index (χ1n) is 7.75. The first-order chi connectivity index (χ1) is 9.91. The van der Waals surface area contributed by atoms with Crippen molar-refractivity contribution in [1.29, 1.82) is 0 Å². The van der Waals surface area contributed by atoms with Crippen molar-refractivity contribution in [3.05, 3.63) is 29.3 Å². The molecule has 0 bridgehead atoms. The molecule has 2 unspecified atom stereocenters. The van der Waals surface area contributed by atoms with Crippen LogP contribution in [0, 0.1) is 11.8 Å². The summed E-state index contributed by atoms with van der Waals surface area (Å²) in [7, 11) is 0. The van der Waals surface area contributed by atoms with Gasteiger partial charge < -0.3 is 11.1 Å². The maximum atomic E-state index is 12.1. The Morgan fingerprint density at radius 3 is 2.90 bits per heavy atom. The molecule has 0 heterocycles. The summed E-state index contributed by atoms with van der Waals surface area (Å²) in [5.41, 5.74) is 5.98. The first-order valence-corrected chi connectivity index (χ1v) is 8.13. The Balaban J connectivity index is 2.18. The molecule has 1 aliphatic carbocycles. The quantitative estimate of drug-likeness (QED) is 0.856. The van der Waals surface area contributed by atoms with E-state index in [0.29, 0.717) is 16.9 Å². The molecule has 1 aromatic rings. The highest BCUT2D eigenvalue weighted by Crippen LogP contribution is 2.38. The molecule has 116 valence electrons. The molecule has 2 atom stereocenters. The van der Waals surface area contributed by atoms with E-state index in [9.17, 15) is 4.79 Å². The number of benzene rings is 1. The molecule has 1 saturated carbocycles. The summed E-state index contributed by atoms with van der Waals surface area (Å²) >= 11 is 6.03. The predicted molar refractivity (Wildman–Crippen MR) is 88.4 cm³/mol. The molecule has 21 heavy (non-hydrogen) atoms. The highest BCUT2D eigenvalue weighted by Gasteiger charge is 2.41. The van der Waals surface area contributed by atoms with Gasteiger partial charge in [0.25, 0.3) is 0 Å². The Kier molecular flexibility index (Phi) is 5.15. The molecule has 3 nitrogen and oxygen atoms in total. The standard InChI is InChI=1S/C17H25ClN2O/c1-12(2)9-13-5-4-8-17(11-13,16(19)21)20-15-7-3-6-14(18)10-15/h3,6-7,10,12-13,20H,4-5,8-9,11H2,1-2H3,(H2,19,21). The fourth-order valence-corrected chi connectivity index (χ4v) is 3.69. The van der Waals surface area contributed by atoms with Crippen LogP contribution in [0.3, 0.4) is 0 Å². The van der Waals surface area contributed by atoms with Gasteiger partial charge in [-0.2, -0.15) is 0 Å². The number of nitrogens with two attached hydrogens (primary N) is 1. The SMILES string of the molecule is CC(C)CC1CCCC(Nc2cccc(Cl)c2)(C(N)=O)C1. The van der Waals surface area contributed by atoms with Crippen LogP contribution in [-0.2, 0) is 4.79 Å². The van der Waals surface area contributed by atoms with Crippen LogP contribution in [0.1, 0.15) is 46.0 Å². The van der Waals surface area contributed by atoms with E-state index in [0.717, 1.165) is 31.4 Å². The Labute approximate surface area is 132 Å². The molecular weight excluding hydrogens is 284 g/mol. The zero-order valence-electron chi connectivity index (χ0n) is 12.9. The van der Waals surface area contributed by atoms with Crippen LogP contribution in [-0.4, -0.2) is 11.4 Å². The number of hydrogen-bond acceptors (Lipinski definition) is 2. The van der Waals surface area contributed by atoms with E-state index in [-0.39, 0.29) is 5.91 Å². The monoisotopic (exact) mass is 308 g/mol. The molecule has 0 aliphatic heterocycles. The van der Waals surface area contributed by atoms with E-state index in [2.05, 4.69) is 19.2 Å². The second-order valence-corrected chi connectivity index (χ2v) is 7.11. The van der Waals surface area contributed by atoms with E-state index in [1.54, 1.807) is 0 Å². The van der Waals surface area contributed by atoms with Gasteiger partial charge in [0.1, 0.15) is 5.54 Å². The maximum absolute atomic E-state index is 12.1. The Bertz CT molecular complexity index is 503. The lowest BCUT2D eigenvalue weighted by atomic mass is 9.72. The summed E-state index contributed by atoms with van der Waals surface area (Å²) in [5, 5.41) is 4.04. The fraction of sp³-hybridized carbons (Fsp3) is 0.588. The third kappa shape index (κ3) is 4.13. The van der Waals surface area contributed by atoms with Crippen molar-refractivity contribution in [3.8, 4) is 0 Å². The van der Waals surface area contributed by atoms with Gasteiger partial charge in [-0.05, 0) is 49.3 Å². The summed E-state index contributed by atoms with van der Waals surface area (Å²) in [5.74, 6) is 0.943. The zero-order chi connectivity index (χ0) is 15.5. The average Bonchev–Trinajstić information content (AvgIpc) is 2.38. The zero-order valence-corrected chi connectivity index (χ0v) is 13.6. The number of carbonyl (C=O) groups is 1. The number of halogens is 1. The van der Waals surface area contributed by atoms with Crippen molar-refractivity contribution >= 4 is 23.2 Å². The number of rotatable bonds is 5. The number of nitrogens with one attached hydrogen (secondary N) is 1. The Hall–Kier alpha value is -1.22. The molecule has 2 rings (SSSR count). The van der Waals surface area contributed by atoms with Gasteiger partial charge in [-0.1, -0.05) is 44.4 Å². The van der Waals surface area contributed by atoms with Crippen molar-refractivity contribution in [3.63, 3.8) is 0 Å². The third-order valence-electron chi connectivity index (χ3n) is 4.34. The first kappa shape index (κ1) is 16.2. The van der Waals surface area contributed by atoms with Crippen molar-refractivity contribution in [2.75, 3.05) is 5.32 Å². The molecule has 1 aromatic carbocycles. The van der Waals surface area contributed by atoms with Crippen LogP contribution in [0.2, 0.25) is 5.02 Å². The van der Waals surface area contributed by atoms with Crippen LogP contribution in [0.4, 0.5) is 5.69 Å². The Morgan fingerprint density at radius 1 is 1.52 bits per heavy atom. The topological polar surface area (TPSA) is 55.1 Å². The van der Waals surface area contributed by atoms with Gasteiger partial charge in [0, 0.05) is 10.7 Å². The fourth-order valence-electron chi connectivity index (χ4n) is 3.50. The highest BCUT2D eigenvalue weighted by molar-refractivity contribution is 6.30. The van der Waals surface area contributed by atoms with Gasteiger partial charge in [-0.25, -0.2) is 0 Å². The largest absolute Gasteiger partial charge is 0.371 e. The van der Waals surface area contributed by atoms with E-state index in [1.165, 1.54) is 6.42 Å². The van der Waals surface area contributed by atoms with Crippen molar-refractivity contribution in [2.45, 2.75) is 51.5 Å². The maximum Gasteiger partial charge on any atom is 0.243 e. The van der Waals surface area contributed by atoms with Gasteiger partial charge >= 0.3 is 0 Å². The van der Waals surface area contributed by atoms with E-state index in [1.807, 2.05) is 24.3 Å². The second kappa shape index (κ2) is 6.69. The molecule has 3 N–H and O–H groups in total. The van der Waals surface area contributed by atoms with E-state index in [4.69, 9.17) is 17.3 Å². The lowest BCUT2D eigenvalue weighted by Gasteiger charge is -2.40. The number of carbonyl (C=O) groups excluding carboxylic acids is 1. The minimum Gasteiger partial charge on any atom is -0.371 e. The molecule has 4 heteroatoms. The van der Waals surface area contributed by atoms with Crippen LogP contribution in [0.25, 0.3) is 0 Å². The van der Waals surface area contributed by atoms with Crippen molar-refractivity contribution < 1.29 is 4.79 Å². The van der Waals surface area contributed by atoms with Gasteiger partial charge in [-0.15, -0.1) is 0 Å². The summed E-state index contributed by atoms with van der Waals surface area (Å²) in [6, 6.07) is 7.49. The smallest absolute Gasteiger partial charge is 0.243 e. The minimum atomic E-state index is -0.636. The number of hydrogen-bond donors (Lipinski definition) is 2. The van der Waals surface area contributed by atoms with E-state index < -0.39 is 5.54 Å². The normalized spacial score (nSPS) is 25.8. The molecule has 0 aromatic heterocycles. The van der Waals surface area contributed by atoms with Gasteiger partial charge in [-0.3, -0.25) is 4.79 Å². The van der Waals surface area contributed by atoms with Crippen LogP contribution in [0.5, 0.6) is 0 Å². The number of amides is 1. The highest BCUT2D eigenvalue weighted by atomic mass is 35.5. The predicted octanol–water partition coefficient (Wildman–Crippen LogP) is 4.21. The second-order valence-electron chi connectivity index (χ2n) is 6.67. The molecular formula is C17H25ClN2O. The molecule has 0 radical (unpaired) electrons. The van der Waals surface area contributed by atoms with Crippen molar-refractivity contribution in [1.82, 2.24) is 0 Å². The molecule has 0 spiro atoms. The van der Waals surface area contributed by atoms with Crippen LogP contribution >= 0.6 is 11.6 Å². The molecule has 0 saturated heterocycles. The molecule has 1 amide bonds. The third-order valence-corrected chi connectivity index (χ3v) is 4.57. The molecule has 1 fully saturated rings. The van der Waals surface area contributed by atoms with Crippen LogP contribution < -0.4 is 11.1 Å². The number of primary amides is 1. The lowest BCUT2D eigenvalue weighted by Crippen LogP contribution is -2.53. The summed E-state index contributed by atoms with van der Waals surface area (Å²) in [6.07, 6.45) is 4.97. The van der Waals surface area contributed by atoms with Crippen molar-refractivity contribution in [2.24, 2.45) is 17.6 Å². The van der Waals surface area contributed by atoms with Gasteiger partial charge in [0.15, 0.2) is 0 Å². The minimum absolute atomic E-state index is 0.254. The van der Waals surface area contributed by atoms with Gasteiger partial charge in [0.05, 0.1) is 0 Å². The van der Waals surface area contributed by atoms with Crippen LogP contribution in [0.15, 0.2) is 24.3 Å².